The van der Waals surface area contributed by atoms with Crippen LogP contribution in [0.4, 0.5) is 4.79 Å². The van der Waals surface area contributed by atoms with E-state index < -0.39 is 5.60 Å². The maximum atomic E-state index is 11.7. The van der Waals surface area contributed by atoms with E-state index in [2.05, 4.69) is 15.9 Å². The zero-order valence-corrected chi connectivity index (χ0v) is 10.8. The van der Waals surface area contributed by atoms with Gasteiger partial charge in [-0.3, -0.25) is 0 Å². The number of rotatable bonds is 2. The molecule has 1 fully saturated rings. The molecule has 4 heteroatoms. The molecule has 1 saturated carbocycles. The van der Waals surface area contributed by atoms with Gasteiger partial charge in [-0.25, -0.2) is 4.79 Å². The Morgan fingerprint density at radius 2 is 2.00 bits per heavy atom. The Morgan fingerprint density at radius 3 is 2.29 bits per heavy atom. The highest BCUT2D eigenvalue weighted by molar-refractivity contribution is 9.09. The number of halogens is 1. The lowest BCUT2D eigenvalue weighted by Gasteiger charge is -2.29. The minimum absolute atomic E-state index is 0.0162. The van der Waals surface area contributed by atoms with Crippen molar-refractivity contribution in [2.75, 3.05) is 12.4 Å². The quantitative estimate of drug-likeness (QED) is 0.718. The molecule has 0 aromatic carbocycles. The fraction of sp³-hybridized carbons (Fsp3) is 0.900. The van der Waals surface area contributed by atoms with E-state index in [-0.39, 0.29) is 11.6 Å². The van der Waals surface area contributed by atoms with Crippen molar-refractivity contribution in [3.05, 3.63) is 0 Å². The van der Waals surface area contributed by atoms with Crippen molar-refractivity contribution >= 4 is 22.0 Å². The monoisotopic (exact) mass is 263 g/mol. The summed E-state index contributed by atoms with van der Waals surface area (Å²) in [6.45, 7) is 5.64. The molecule has 0 aliphatic heterocycles. The van der Waals surface area contributed by atoms with Crippen LogP contribution < -0.4 is 0 Å². The van der Waals surface area contributed by atoms with Crippen LogP contribution in [0.25, 0.3) is 0 Å². The van der Waals surface area contributed by atoms with Crippen LogP contribution in [0.2, 0.25) is 0 Å². The third-order valence-corrected chi connectivity index (χ3v) is 3.50. The summed E-state index contributed by atoms with van der Waals surface area (Å²) in [5, 5.41) is 0.829. The molecule has 0 atom stereocenters. The Hall–Kier alpha value is -0.250. The van der Waals surface area contributed by atoms with E-state index in [0.717, 1.165) is 18.2 Å². The van der Waals surface area contributed by atoms with Gasteiger partial charge in [0.05, 0.1) is 5.54 Å². The van der Waals surface area contributed by atoms with Crippen LogP contribution in [0.5, 0.6) is 0 Å². The summed E-state index contributed by atoms with van der Waals surface area (Å²) in [5.74, 6) is 0. The lowest BCUT2D eigenvalue weighted by molar-refractivity contribution is 0.0217. The molecule has 82 valence electrons. The van der Waals surface area contributed by atoms with Crippen molar-refractivity contribution in [3.8, 4) is 0 Å². The van der Waals surface area contributed by atoms with E-state index in [4.69, 9.17) is 4.74 Å². The van der Waals surface area contributed by atoms with Gasteiger partial charge in [0.1, 0.15) is 5.60 Å². The SMILES string of the molecule is CN(C(=O)OC(C)(C)C)C1(CBr)CC1. The average Bonchev–Trinajstić information content (AvgIpc) is 2.80. The van der Waals surface area contributed by atoms with Crippen LogP contribution in [-0.4, -0.2) is 34.5 Å². The highest BCUT2D eigenvalue weighted by atomic mass is 79.9. The number of hydrogen-bond acceptors (Lipinski definition) is 2. The molecule has 1 aliphatic carbocycles. The number of carbonyl (C=O) groups is 1. The first-order valence-corrected chi connectivity index (χ1v) is 5.96. The van der Waals surface area contributed by atoms with Crippen LogP contribution in [0.15, 0.2) is 0 Å². The zero-order valence-electron chi connectivity index (χ0n) is 9.26. The van der Waals surface area contributed by atoms with Gasteiger partial charge in [0.25, 0.3) is 0 Å². The van der Waals surface area contributed by atoms with Crippen LogP contribution >= 0.6 is 15.9 Å². The highest BCUT2D eigenvalue weighted by Gasteiger charge is 2.48. The molecule has 1 aliphatic rings. The second kappa shape index (κ2) is 3.72. The minimum atomic E-state index is -0.409. The summed E-state index contributed by atoms with van der Waals surface area (Å²) < 4.78 is 5.29. The Kier molecular flexibility index (Phi) is 3.14. The first-order chi connectivity index (χ1) is 6.31. The van der Waals surface area contributed by atoms with Gasteiger partial charge in [-0.05, 0) is 33.6 Å². The summed E-state index contributed by atoms with van der Waals surface area (Å²) in [6.07, 6.45) is 1.90. The molecule has 0 heterocycles. The number of hydrogen-bond donors (Lipinski definition) is 0. The summed E-state index contributed by atoms with van der Waals surface area (Å²) in [6, 6.07) is 0. The maximum absolute atomic E-state index is 11.7. The van der Waals surface area contributed by atoms with Crippen molar-refractivity contribution in [2.24, 2.45) is 0 Å². The highest BCUT2D eigenvalue weighted by Crippen LogP contribution is 2.42. The molecule has 0 saturated heterocycles. The summed E-state index contributed by atoms with van der Waals surface area (Å²) in [4.78, 5) is 13.4. The second-order valence-corrected chi connectivity index (χ2v) is 5.46. The maximum Gasteiger partial charge on any atom is 0.410 e. The summed E-state index contributed by atoms with van der Waals surface area (Å²) >= 11 is 3.43. The number of alkyl halides is 1. The van der Waals surface area contributed by atoms with Gasteiger partial charge < -0.3 is 9.64 Å². The lowest BCUT2D eigenvalue weighted by Crippen LogP contribution is -2.43. The Bertz CT molecular complexity index is 231. The molecule has 3 nitrogen and oxygen atoms in total. The van der Waals surface area contributed by atoms with E-state index in [9.17, 15) is 4.79 Å². The molecule has 14 heavy (non-hydrogen) atoms. The van der Waals surface area contributed by atoms with E-state index >= 15 is 0 Å². The topological polar surface area (TPSA) is 29.5 Å². The van der Waals surface area contributed by atoms with Crippen LogP contribution in [0, 0.1) is 0 Å². The van der Waals surface area contributed by atoms with Crippen LogP contribution in [0.3, 0.4) is 0 Å². The predicted molar refractivity (Wildman–Crippen MR) is 59.8 cm³/mol. The molecule has 1 amide bonds. The van der Waals surface area contributed by atoms with Gasteiger partial charge in [-0.1, -0.05) is 15.9 Å². The molecule has 0 bridgehead atoms. The van der Waals surface area contributed by atoms with Crippen LogP contribution in [-0.2, 0) is 4.74 Å². The fourth-order valence-electron chi connectivity index (χ4n) is 1.23. The molecule has 0 spiro atoms. The summed E-state index contributed by atoms with van der Waals surface area (Å²) in [7, 11) is 1.81. The molecule has 0 radical (unpaired) electrons. The molecular formula is C10H18BrNO2. The van der Waals surface area contributed by atoms with Gasteiger partial charge in [0.2, 0.25) is 0 Å². The first-order valence-electron chi connectivity index (χ1n) is 4.83. The number of amides is 1. The molecule has 0 N–H and O–H groups in total. The molecule has 1 rings (SSSR count). The minimum Gasteiger partial charge on any atom is -0.444 e. The number of carbonyl (C=O) groups excluding carboxylic acids is 1. The van der Waals surface area contributed by atoms with Crippen LogP contribution in [0.1, 0.15) is 33.6 Å². The lowest BCUT2D eigenvalue weighted by atomic mass is 10.2. The Balaban J connectivity index is 2.53. The largest absolute Gasteiger partial charge is 0.444 e. The van der Waals surface area contributed by atoms with Gasteiger partial charge in [0, 0.05) is 12.4 Å². The van der Waals surface area contributed by atoms with Gasteiger partial charge in [-0.2, -0.15) is 0 Å². The van der Waals surface area contributed by atoms with Crippen molar-refractivity contribution in [1.29, 1.82) is 0 Å². The third-order valence-electron chi connectivity index (χ3n) is 2.45. The Morgan fingerprint density at radius 1 is 1.50 bits per heavy atom. The smallest absolute Gasteiger partial charge is 0.410 e. The van der Waals surface area contributed by atoms with E-state index in [0.29, 0.717) is 0 Å². The fourth-order valence-corrected chi connectivity index (χ4v) is 2.16. The van der Waals surface area contributed by atoms with Gasteiger partial charge >= 0.3 is 6.09 Å². The molecular weight excluding hydrogens is 246 g/mol. The number of ether oxygens (including phenoxy) is 1. The van der Waals surface area contributed by atoms with Gasteiger partial charge in [0.15, 0.2) is 0 Å². The Labute approximate surface area is 93.9 Å². The first kappa shape index (κ1) is 11.8. The van der Waals surface area contributed by atoms with Crippen molar-refractivity contribution in [1.82, 2.24) is 4.90 Å². The van der Waals surface area contributed by atoms with Gasteiger partial charge in [-0.15, -0.1) is 0 Å². The zero-order chi connectivity index (χ0) is 11.0. The predicted octanol–water partition coefficient (Wildman–Crippen LogP) is 2.78. The molecule has 0 aromatic rings. The normalized spacial score (nSPS) is 18.9. The standard InChI is InChI=1S/C10H18BrNO2/c1-9(2,3)14-8(13)12(4)10(7-11)5-6-10/h5-7H2,1-4H3. The second-order valence-electron chi connectivity index (χ2n) is 4.90. The van der Waals surface area contributed by atoms with E-state index in [1.165, 1.54) is 0 Å². The molecule has 0 aromatic heterocycles. The van der Waals surface area contributed by atoms with Crippen molar-refractivity contribution in [3.63, 3.8) is 0 Å². The van der Waals surface area contributed by atoms with Crippen molar-refractivity contribution in [2.45, 2.75) is 44.8 Å². The van der Waals surface area contributed by atoms with Crippen molar-refractivity contribution < 1.29 is 9.53 Å². The average molecular weight is 264 g/mol. The summed E-state index contributed by atoms with van der Waals surface area (Å²) in [5.41, 5.74) is -0.393. The third kappa shape index (κ3) is 2.62. The number of nitrogens with zero attached hydrogens (tertiary/aromatic N) is 1. The molecule has 0 unspecified atom stereocenters. The van der Waals surface area contributed by atoms with E-state index in [1.807, 2.05) is 27.8 Å². The van der Waals surface area contributed by atoms with E-state index in [1.54, 1.807) is 4.90 Å².